The molecule has 0 radical (unpaired) electrons. The molecule has 0 fully saturated rings. The number of terminal acetylenes is 1. The predicted octanol–water partition coefficient (Wildman–Crippen LogP) is 1.84. The van der Waals surface area contributed by atoms with Crippen molar-refractivity contribution in [1.29, 1.82) is 0 Å². The Bertz CT molecular complexity index is 271. The van der Waals surface area contributed by atoms with Crippen molar-refractivity contribution in [3.63, 3.8) is 0 Å². The summed E-state index contributed by atoms with van der Waals surface area (Å²) >= 11 is 0. The maximum Gasteiger partial charge on any atom is 0.0243 e. The van der Waals surface area contributed by atoms with E-state index in [9.17, 15) is 0 Å². The summed E-state index contributed by atoms with van der Waals surface area (Å²) in [6, 6.07) is 10.8. The Hall–Kier alpha value is -1.26. The summed E-state index contributed by atoms with van der Waals surface area (Å²) in [4.78, 5) is 0. The molecule has 13 heavy (non-hydrogen) atoms. The first-order valence-corrected chi connectivity index (χ1v) is 4.51. The van der Waals surface area contributed by atoms with Gasteiger partial charge < -0.3 is 5.32 Å². The molecule has 1 rings (SSSR count). The van der Waals surface area contributed by atoms with Crippen molar-refractivity contribution in [2.24, 2.45) is 0 Å². The molecular weight excluding hydrogens is 158 g/mol. The summed E-state index contributed by atoms with van der Waals surface area (Å²) in [5, 5.41) is 3.21. The zero-order valence-corrected chi connectivity index (χ0v) is 7.96. The summed E-state index contributed by atoms with van der Waals surface area (Å²) in [5.74, 6) is 2.68. The van der Waals surface area contributed by atoms with Crippen molar-refractivity contribution in [2.75, 3.05) is 7.05 Å². The van der Waals surface area contributed by atoms with E-state index in [2.05, 4.69) is 35.5 Å². The van der Waals surface area contributed by atoms with Gasteiger partial charge in [-0.1, -0.05) is 30.3 Å². The maximum atomic E-state index is 5.27. The van der Waals surface area contributed by atoms with Crippen LogP contribution < -0.4 is 5.32 Å². The molecule has 1 N–H and O–H groups in total. The van der Waals surface area contributed by atoms with Crippen LogP contribution in [0.1, 0.15) is 12.0 Å². The molecule has 0 spiro atoms. The molecule has 0 amide bonds. The monoisotopic (exact) mass is 173 g/mol. The molecule has 0 saturated carbocycles. The zero-order valence-electron chi connectivity index (χ0n) is 7.96. The minimum absolute atomic E-state index is 0.396. The normalized spacial score (nSPS) is 12.0. The lowest BCUT2D eigenvalue weighted by molar-refractivity contribution is 0.573. The highest BCUT2D eigenvalue weighted by molar-refractivity contribution is 5.16. The topological polar surface area (TPSA) is 12.0 Å². The highest BCUT2D eigenvalue weighted by Crippen LogP contribution is 2.04. The van der Waals surface area contributed by atoms with Gasteiger partial charge in [0, 0.05) is 12.5 Å². The molecule has 0 aliphatic carbocycles. The van der Waals surface area contributed by atoms with E-state index < -0.39 is 0 Å². The fourth-order valence-corrected chi connectivity index (χ4v) is 1.32. The van der Waals surface area contributed by atoms with Gasteiger partial charge in [-0.3, -0.25) is 0 Å². The lowest BCUT2D eigenvalue weighted by Crippen LogP contribution is -2.26. The standard InChI is InChI=1S/C12H15N/c1-3-7-12(13-2)10-11-8-5-4-6-9-11/h1,4-6,8-9,12-13H,7,10H2,2H3/t12-/m1/s1. The molecule has 0 heterocycles. The number of hydrogen-bond donors (Lipinski definition) is 1. The highest BCUT2D eigenvalue weighted by atomic mass is 14.9. The summed E-state index contributed by atoms with van der Waals surface area (Å²) in [5.41, 5.74) is 1.33. The van der Waals surface area contributed by atoms with Gasteiger partial charge in [-0.2, -0.15) is 0 Å². The van der Waals surface area contributed by atoms with Gasteiger partial charge in [0.1, 0.15) is 0 Å². The molecule has 68 valence electrons. The average Bonchev–Trinajstić information content (AvgIpc) is 2.19. The molecular formula is C12H15N. The molecule has 1 atom stereocenters. The quantitative estimate of drug-likeness (QED) is 0.685. The van der Waals surface area contributed by atoms with E-state index in [1.165, 1.54) is 5.56 Å². The Morgan fingerprint density at radius 2 is 2.08 bits per heavy atom. The fraction of sp³-hybridized carbons (Fsp3) is 0.333. The summed E-state index contributed by atoms with van der Waals surface area (Å²) in [6.07, 6.45) is 7.05. The van der Waals surface area contributed by atoms with Crippen molar-refractivity contribution in [2.45, 2.75) is 18.9 Å². The van der Waals surface area contributed by atoms with Crippen molar-refractivity contribution < 1.29 is 0 Å². The van der Waals surface area contributed by atoms with Crippen LogP contribution in [-0.2, 0) is 6.42 Å². The number of hydrogen-bond acceptors (Lipinski definition) is 1. The second kappa shape index (κ2) is 5.40. The van der Waals surface area contributed by atoms with Crippen LogP contribution in [0.15, 0.2) is 30.3 Å². The minimum Gasteiger partial charge on any atom is -0.316 e. The number of rotatable bonds is 4. The van der Waals surface area contributed by atoms with Crippen LogP contribution in [-0.4, -0.2) is 13.1 Å². The van der Waals surface area contributed by atoms with Crippen molar-refractivity contribution in [1.82, 2.24) is 5.32 Å². The van der Waals surface area contributed by atoms with Crippen molar-refractivity contribution in [3.8, 4) is 12.3 Å². The first kappa shape index (κ1) is 9.83. The van der Waals surface area contributed by atoms with Crippen LogP contribution in [0.3, 0.4) is 0 Å². The van der Waals surface area contributed by atoms with Gasteiger partial charge in [-0.05, 0) is 19.0 Å². The Morgan fingerprint density at radius 1 is 1.38 bits per heavy atom. The predicted molar refractivity (Wildman–Crippen MR) is 56.4 cm³/mol. The summed E-state index contributed by atoms with van der Waals surface area (Å²) in [7, 11) is 1.95. The van der Waals surface area contributed by atoms with Gasteiger partial charge in [0.05, 0.1) is 0 Å². The Balaban J connectivity index is 2.53. The maximum absolute atomic E-state index is 5.27. The minimum atomic E-state index is 0.396. The summed E-state index contributed by atoms with van der Waals surface area (Å²) in [6.45, 7) is 0. The van der Waals surface area contributed by atoms with E-state index >= 15 is 0 Å². The number of likely N-dealkylation sites (N-methyl/N-ethyl adjacent to an activating group) is 1. The molecule has 1 heteroatoms. The third kappa shape index (κ3) is 3.31. The number of benzene rings is 1. The van der Waals surface area contributed by atoms with Crippen molar-refractivity contribution >= 4 is 0 Å². The molecule has 0 aliphatic rings. The first-order chi connectivity index (χ1) is 6.36. The lowest BCUT2D eigenvalue weighted by Gasteiger charge is -2.12. The fourth-order valence-electron chi connectivity index (χ4n) is 1.32. The van der Waals surface area contributed by atoms with Crippen molar-refractivity contribution in [3.05, 3.63) is 35.9 Å². The molecule has 1 nitrogen and oxygen atoms in total. The van der Waals surface area contributed by atoms with Gasteiger partial charge >= 0.3 is 0 Å². The second-order valence-corrected chi connectivity index (χ2v) is 3.08. The van der Waals surface area contributed by atoms with E-state index in [1.54, 1.807) is 0 Å². The van der Waals surface area contributed by atoms with Gasteiger partial charge in [0.25, 0.3) is 0 Å². The molecule has 1 aromatic carbocycles. The Morgan fingerprint density at radius 3 is 2.62 bits per heavy atom. The smallest absolute Gasteiger partial charge is 0.0243 e. The summed E-state index contributed by atoms with van der Waals surface area (Å²) < 4.78 is 0. The molecule has 0 aromatic heterocycles. The molecule has 0 aliphatic heterocycles. The second-order valence-electron chi connectivity index (χ2n) is 3.08. The molecule has 1 aromatic rings. The van der Waals surface area contributed by atoms with Crippen LogP contribution >= 0.6 is 0 Å². The van der Waals surface area contributed by atoms with E-state index in [0.29, 0.717) is 6.04 Å². The highest BCUT2D eigenvalue weighted by Gasteiger charge is 2.04. The van der Waals surface area contributed by atoms with Gasteiger partial charge in [0.15, 0.2) is 0 Å². The Kier molecular flexibility index (Phi) is 4.08. The van der Waals surface area contributed by atoms with Gasteiger partial charge in [-0.15, -0.1) is 12.3 Å². The van der Waals surface area contributed by atoms with E-state index in [-0.39, 0.29) is 0 Å². The van der Waals surface area contributed by atoms with Crippen LogP contribution in [0, 0.1) is 12.3 Å². The third-order valence-electron chi connectivity index (χ3n) is 2.10. The largest absolute Gasteiger partial charge is 0.316 e. The Labute approximate surface area is 80.2 Å². The van der Waals surface area contributed by atoms with Crippen LogP contribution in [0.5, 0.6) is 0 Å². The average molecular weight is 173 g/mol. The third-order valence-corrected chi connectivity index (χ3v) is 2.10. The van der Waals surface area contributed by atoms with E-state index in [1.807, 2.05) is 13.1 Å². The lowest BCUT2D eigenvalue weighted by atomic mass is 10.0. The van der Waals surface area contributed by atoms with Crippen LogP contribution in [0.2, 0.25) is 0 Å². The molecule has 0 bridgehead atoms. The van der Waals surface area contributed by atoms with E-state index in [4.69, 9.17) is 6.42 Å². The van der Waals surface area contributed by atoms with E-state index in [0.717, 1.165) is 12.8 Å². The SMILES string of the molecule is C#CC[C@H](Cc1ccccc1)NC. The number of nitrogens with one attached hydrogen (secondary N) is 1. The van der Waals surface area contributed by atoms with Gasteiger partial charge in [0.2, 0.25) is 0 Å². The first-order valence-electron chi connectivity index (χ1n) is 4.51. The molecule has 0 saturated heterocycles. The molecule has 0 unspecified atom stereocenters. The van der Waals surface area contributed by atoms with Crippen LogP contribution in [0.4, 0.5) is 0 Å². The zero-order chi connectivity index (χ0) is 9.52. The van der Waals surface area contributed by atoms with Crippen LogP contribution in [0.25, 0.3) is 0 Å². The van der Waals surface area contributed by atoms with Gasteiger partial charge in [-0.25, -0.2) is 0 Å².